The van der Waals surface area contributed by atoms with E-state index in [1.807, 2.05) is 0 Å². The molecule has 0 aromatic carbocycles. The molecule has 1 fully saturated rings. The number of aliphatic carboxylic acids is 1. The monoisotopic (exact) mass is 237 g/mol. The summed E-state index contributed by atoms with van der Waals surface area (Å²) in [6.07, 6.45) is 4.94. The van der Waals surface area contributed by atoms with Crippen molar-refractivity contribution in [1.82, 2.24) is 5.32 Å². The van der Waals surface area contributed by atoms with Gasteiger partial charge in [-0.15, -0.1) is 0 Å². The lowest BCUT2D eigenvalue weighted by atomic mass is 9.83. The van der Waals surface area contributed by atoms with Gasteiger partial charge < -0.3 is 14.8 Å². The zero-order valence-corrected chi connectivity index (χ0v) is 9.60. The third-order valence-corrected chi connectivity index (χ3v) is 3.02. The highest BCUT2D eigenvalue weighted by molar-refractivity contribution is 6.02. The Bertz CT molecular complexity index is 422. The maximum Gasteiger partial charge on any atom is 0.319 e. The number of carbonyl (C=O) groups excluding carboxylic acids is 1. The van der Waals surface area contributed by atoms with E-state index in [4.69, 9.17) is 4.42 Å². The Morgan fingerprint density at radius 3 is 2.76 bits per heavy atom. The Balaban J connectivity index is 2.12. The number of amides is 1. The van der Waals surface area contributed by atoms with E-state index in [0.717, 1.165) is 12.8 Å². The molecule has 1 amide bonds. The molecule has 5 heteroatoms. The summed E-state index contributed by atoms with van der Waals surface area (Å²) in [6.45, 7) is 1.44. The van der Waals surface area contributed by atoms with E-state index in [-0.39, 0.29) is 12.5 Å². The van der Waals surface area contributed by atoms with E-state index in [0.29, 0.717) is 5.56 Å². The number of carbonyl (C=O) groups is 2. The minimum absolute atomic E-state index is 0.136. The molecule has 0 bridgehead atoms. The molecule has 1 aliphatic carbocycles. The summed E-state index contributed by atoms with van der Waals surface area (Å²) in [5.74, 6) is -1.54. The molecule has 1 unspecified atom stereocenters. The van der Waals surface area contributed by atoms with Crippen LogP contribution < -0.4 is 5.32 Å². The number of nitrogens with one attached hydrogen (secondary N) is 1. The quantitative estimate of drug-likeness (QED) is 0.754. The third kappa shape index (κ3) is 2.49. The first-order valence-electron chi connectivity index (χ1n) is 5.58. The first kappa shape index (κ1) is 11.7. The van der Waals surface area contributed by atoms with E-state index in [9.17, 15) is 14.7 Å². The van der Waals surface area contributed by atoms with Crippen molar-refractivity contribution in [2.45, 2.75) is 32.2 Å². The van der Waals surface area contributed by atoms with Gasteiger partial charge in [0.05, 0.1) is 12.5 Å². The molecule has 0 spiro atoms. The average Bonchev–Trinajstić information content (AvgIpc) is 2.93. The van der Waals surface area contributed by atoms with E-state index < -0.39 is 17.3 Å². The maximum atomic E-state index is 12.0. The topological polar surface area (TPSA) is 79.5 Å². The first-order chi connectivity index (χ1) is 8.02. The molecule has 0 aliphatic heterocycles. The summed E-state index contributed by atoms with van der Waals surface area (Å²) in [6, 6.07) is 1.83. The van der Waals surface area contributed by atoms with Crippen LogP contribution in [0, 0.1) is 5.41 Å². The Kier molecular flexibility index (Phi) is 2.92. The Morgan fingerprint density at radius 2 is 2.29 bits per heavy atom. The maximum absolute atomic E-state index is 12.0. The normalized spacial score (nSPS) is 18.4. The van der Waals surface area contributed by atoms with Gasteiger partial charge in [-0.1, -0.05) is 0 Å². The molecule has 1 aromatic heterocycles. The number of furan rings is 1. The predicted molar refractivity (Wildman–Crippen MR) is 59.3 cm³/mol. The third-order valence-electron chi connectivity index (χ3n) is 3.02. The summed E-state index contributed by atoms with van der Waals surface area (Å²) in [5.41, 5.74) is -0.729. The van der Waals surface area contributed by atoms with Crippen LogP contribution in [0.5, 0.6) is 0 Å². The second-order valence-corrected chi connectivity index (χ2v) is 4.69. The molecule has 2 N–H and O–H groups in total. The van der Waals surface area contributed by atoms with Crippen LogP contribution in [0.15, 0.2) is 23.0 Å². The summed E-state index contributed by atoms with van der Waals surface area (Å²) in [4.78, 5) is 23.3. The van der Waals surface area contributed by atoms with Crippen LogP contribution in [0.2, 0.25) is 0 Å². The van der Waals surface area contributed by atoms with Gasteiger partial charge in [-0.05, 0) is 31.4 Å². The lowest BCUT2D eigenvalue weighted by Gasteiger charge is -2.23. The molecule has 0 radical (unpaired) electrons. The molecule has 5 nitrogen and oxygen atoms in total. The Morgan fingerprint density at radius 1 is 1.59 bits per heavy atom. The molecule has 1 saturated carbocycles. The number of carboxylic acids is 1. The Labute approximate surface area is 98.8 Å². The zero-order valence-electron chi connectivity index (χ0n) is 9.60. The lowest BCUT2D eigenvalue weighted by molar-refractivity contribution is -0.154. The van der Waals surface area contributed by atoms with E-state index in [2.05, 4.69) is 5.32 Å². The molecule has 1 heterocycles. The second kappa shape index (κ2) is 4.24. The first-order valence-corrected chi connectivity index (χ1v) is 5.58. The van der Waals surface area contributed by atoms with Gasteiger partial charge in [0.25, 0.3) is 0 Å². The molecule has 1 aromatic rings. The van der Waals surface area contributed by atoms with E-state index in [1.165, 1.54) is 19.5 Å². The second-order valence-electron chi connectivity index (χ2n) is 4.69. The highest BCUT2D eigenvalue weighted by atomic mass is 16.4. The Hall–Kier alpha value is -1.78. The summed E-state index contributed by atoms with van der Waals surface area (Å²) in [5, 5.41) is 12.0. The lowest BCUT2D eigenvalue weighted by Crippen LogP contribution is -2.46. The van der Waals surface area contributed by atoms with Crippen molar-refractivity contribution < 1.29 is 19.1 Å². The van der Waals surface area contributed by atoms with Gasteiger partial charge in [-0.2, -0.15) is 0 Å². The average molecular weight is 237 g/mol. The zero-order chi connectivity index (χ0) is 12.5. The van der Waals surface area contributed by atoms with Crippen molar-refractivity contribution in [3.63, 3.8) is 0 Å². The van der Waals surface area contributed by atoms with E-state index >= 15 is 0 Å². The van der Waals surface area contributed by atoms with Crippen molar-refractivity contribution in [2.24, 2.45) is 5.41 Å². The number of hydrogen-bond donors (Lipinski definition) is 2. The summed E-state index contributed by atoms with van der Waals surface area (Å²) >= 11 is 0. The van der Waals surface area contributed by atoms with Crippen LogP contribution >= 0.6 is 0 Å². The predicted octanol–water partition coefficient (Wildman–Crippen LogP) is 1.19. The van der Waals surface area contributed by atoms with Crippen LogP contribution in [0.4, 0.5) is 0 Å². The van der Waals surface area contributed by atoms with E-state index in [1.54, 1.807) is 6.07 Å². The number of hydrogen-bond acceptors (Lipinski definition) is 3. The van der Waals surface area contributed by atoms with Crippen molar-refractivity contribution in [1.29, 1.82) is 0 Å². The van der Waals surface area contributed by atoms with Crippen LogP contribution in [-0.4, -0.2) is 23.0 Å². The fourth-order valence-corrected chi connectivity index (χ4v) is 1.63. The van der Waals surface area contributed by atoms with Crippen molar-refractivity contribution in [2.75, 3.05) is 0 Å². The fourth-order valence-electron chi connectivity index (χ4n) is 1.63. The summed E-state index contributed by atoms with van der Waals surface area (Å²) < 4.78 is 4.89. The molecule has 1 atom stereocenters. The minimum Gasteiger partial charge on any atom is -0.480 e. The number of rotatable bonds is 5. The van der Waals surface area contributed by atoms with Crippen LogP contribution in [-0.2, 0) is 16.0 Å². The van der Waals surface area contributed by atoms with Crippen LogP contribution in [0.1, 0.15) is 25.3 Å². The number of carboxylic acid groups (broad SMARTS) is 1. The van der Waals surface area contributed by atoms with Gasteiger partial charge in [0.2, 0.25) is 5.91 Å². The van der Waals surface area contributed by atoms with Crippen molar-refractivity contribution in [3.05, 3.63) is 24.2 Å². The highest BCUT2D eigenvalue weighted by Gasteiger charge is 2.43. The molecular weight excluding hydrogens is 222 g/mol. The van der Waals surface area contributed by atoms with Gasteiger partial charge in [-0.25, -0.2) is 0 Å². The SMILES string of the molecule is CC(Cc1ccoc1)(C(=O)O)C(=O)NC1CC1. The largest absolute Gasteiger partial charge is 0.480 e. The summed E-state index contributed by atoms with van der Waals surface area (Å²) in [7, 11) is 0. The van der Waals surface area contributed by atoms with Gasteiger partial charge in [-0.3, -0.25) is 9.59 Å². The fraction of sp³-hybridized carbons (Fsp3) is 0.500. The minimum atomic E-state index is -1.44. The molecule has 1 aliphatic rings. The smallest absolute Gasteiger partial charge is 0.319 e. The highest BCUT2D eigenvalue weighted by Crippen LogP contribution is 2.27. The van der Waals surface area contributed by atoms with Gasteiger partial charge in [0.1, 0.15) is 5.41 Å². The molecule has 92 valence electrons. The van der Waals surface area contributed by atoms with Crippen LogP contribution in [0.25, 0.3) is 0 Å². The van der Waals surface area contributed by atoms with Crippen molar-refractivity contribution in [3.8, 4) is 0 Å². The van der Waals surface area contributed by atoms with Gasteiger partial charge >= 0.3 is 5.97 Å². The van der Waals surface area contributed by atoms with Gasteiger partial charge in [0, 0.05) is 12.5 Å². The van der Waals surface area contributed by atoms with Gasteiger partial charge in [0.15, 0.2) is 0 Å². The molecular formula is C12H15NO4. The van der Waals surface area contributed by atoms with Crippen molar-refractivity contribution >= 4 is 11.9 Å². The molecule has 0 saturated heterocycles. The van der Waals surface area contributed by atoms with Crippen LogP contribution in [0.3, 0.4) is 0 Å². The molecule has 17 heavy (non-hydrogen) atoms. The standard InChI is InChI=1S/C12H15NO4/c1-12(11(15)16,6-8-4-5-17-7-8)10(14)13-9-2-3-9/h4-5,7,9H,2-3,6H2,1H3,(H,13,14)(H,15,16). The molecule has 2 rings (SSSR count).